The predicted octanol–water partition coefficient (Wildman–Crippen LogP) is 2.61. The molecule has 1 unspecified atom stereocenters. The second-order valence-corrected chi connectivity index (χ2v) is 5.68. The van der Waals surface area contributed by atoms with Crippen molar-refractivity contribution in [3.8, 4) is 5.75 Å². The lowest BCUT2D eigenvalue weighted by atomic mass is 9.98. The highest BCUT2D eigenvalue weighted by atomic mass is 16.5. The van der Waals surface area contributed by atoms with E-state index in [9.17, 15) is 4.79 Å². The molecule has 0 aromatic heterocycles. The number of hydrogen-bond acceptors (Lipinski definition) is 3. The maximum atomic E-state index is 11.9. The van der Waals surface area contributed by atoms with Crippen molar-refractivity contribution in [3.05, 3.63) is 29.3 Å². The van der Waals surface area contributed by atoms with Gasteiger partial charge in [0.1, 0.15) is 5.75 Å². The standard InChI is InChI=1S/C17H28N2O2/c1-12(2)16-8-7-15(11-13(16)3)21-14(4)17(20)19-10-6-9-18-5/h7-8,11-12,14,18H,6,9-10H2,1-5H3,(H,19,20). The molecule has 118 valence electrons. The molecular formula is C17H28N2O2. The Morgan fingerprint density at radius 1 is 1.24 bits per heavy atom. The molecule has 4 nitrogen and oxygen atoms in total. The van der Waals surface area contributed by atoms with Gasteiger partial charge in [-0.05, 0) is 63.0 Å². The van der Waals surface area contributed by atoms with Crippen molar-refractivity contribution in [2.45, 2.75) is 46.1 Å². The average Bonchev–Trinajstić information content (AvgIpc) is 2.43. The fourth-order valence-corrected chi connectivity index (χ4v) is 2.25. The molecule has 1 aromatic rings. The number of amides is 1. The first-order valence-corrected chi connectivity index (χ1v) is 7.65. The number of carbonyl (C=O) groups is 1. The molecule has 0 bridgehead atoms. The minimum Gasteiger partial charge on any atom is -0.481 e. The van der Waals surface area contributed by atoms with Gasteiger partial charge in [0.25, 0.3) is 5.91 Å². The molecule has 1 aromatic carbocycles. The normalized spacial score (nSPS) is 12.3. The third kappa shape index (κ3) is 5.76. The fraction of sp³-hybridized carbons (Fsp3) is 0.588. The lowest BCUT2D eigenvalue weighted by molar-refractivity contribution is -0.127. The Labute approximate surface area is 128 Å². The van der Waals surface area contributed by atoms with Crippen LogP contribution in [0, 0.1) is 6.92 Å². The third-order valence-electron chi connectivity index (χ3n) is 3.45. The smallest absolute Gasteiger partial charge is 0.260 e. The molecule has 2 N–H and O–H groups in total. The maximum absolute atomic E-state index is 11.9. The zero-order chi connectivity index (χ0) is 15.8. The Balaban J connectivity index is 2.52. The predicted molar refractivity (Wildman–Crippen MR) is 86.9 cm³/mol. The zero-order valence-electron chi connectivity index (χ0n) is 13.8. The molecule has 1 rings (SSSR count). The molecule has 0 saturated carbocycles. The van der Waals surface area contributed by atoms with Crippen LogP contribution in [-0.2, 0) is 4.79 Å². The van der Waals surface area contributed by atoms with Crippen molar-refractivity contribution in [1.82, 2.24) is 10.6 Å². The Morgan fingerprint density at radius 3 is 2.52 bits per heavy atom. The number of rotatable bonds is 8. The van der Waals surface area contributed by atoms with Gasteiger partial charge in [-0.3, -0.25) is 4.79 Å². The van der Waals surface area contributed by atoms with E-state index in [0.717, 1.165) is 18.7 Å². The largest absolute Gasteiger partial charge is 0.481 e. The van der Waals surface area contributed by atoms with Crippen LogP contribution >= 0.6 is 0 Å². The SMILES string of the molecule is CNCCCNC(=O)C(C)Oc1ccc(C(C)C)c(C)c1. The Kier molecular flexibility index (Phi) is 7.23. The van der Waals surface area contributed by atoms with E-state index in [1.165, 1.54) is 11.1 Å². The van der Waals surface area contributed by atoms with Crippen LogP contribution in [0.25, 0.3) is 0 Å². The van der Waals surface area contributed by atoms with E-state index in [1.807, 2.05) is 19.2 Å². The van der Waals surface area contributed by atoms with E-state index in [4.69, 9.17) is 4.74 Å². The molecule has 0 heterocycles. The first kappa shape index (κ1) is 17.5. The highest BCUT2D eigenvalue weighted by Crippen LogP contribution is 2.24. The second-order valence-electron chi connectivity index (χ2n) is 5.68. The summed E-state index contributed by atoms with van der Waals surface area (Å²) in [6, 6.07) is 6.01. The lowest BCUT2D eigenvalue weighted by Gasteiger charge is -2.17. The molecular weight excluding hydrogens is 264 g/mol. The number of aryl methyl sites for hydroxylation is 1. The first-order valence-electron chi connectivity index (χ1n) is 7.65. The monoisotopic (exact) mass is 292 g/mol. The van der Waals surface area contributed by atoms with Crippen LogP contribution in [-0.4, -0.2) is 32.1 Å². The van der Waals surface area contributed by atoms with E-state index in [2.05, 4.69) is 37.5 Å². The van der Waals surface area contributed by atoms with Gasteiger partial charge in [0, 0.05) is 6.54 Å². The van der Waals surface area contributed by atoms with Crippen molar-refractivity contribution >= 4 is 5.91 Å². The van der Waals surface area contributed by atoms with E-state index in [1.54, 1.807) is 6.92 Å². The van der Waals surface area contributed by atoms with E-state index < -0.39 is 6.10 Å². The average molecular weight is 292 g/mol. The first-order chi connectivity index (χ1) is 9.95. The fourth-order valence-electron chi connectivity index (χ4n) is 2.25. The van der Waals surface area contributed by atoms with Gasteiger partial charge in [-0.15, -0.1) is 0 Å². The molecule has 0 fully saturated rings. The molecule has 1 amide bonds. The molecule has 21 heavy (non-hydrogen) atoms. The number of nitrogens with one attached hydrogen (secondary N) is 2. The topological polar surface area (TPSA) is 50.4 Å². The zero-order valence-corrected chi connectivity index (χ0v) is 13.8. The summed E-state index contributed by atoms with van der Waals surface area (Å²) in [5.41, 5.74) is 2.51. The maximum Gasteiger partial charge on any atom is 0.260 e. The van der Waals surface area contributed by atoms with Crippen LogP contribution < -0.4 is 15.4 Å². The van der Waals surface area contributed by atoms with Crippen LogP contribution in [0.2, 0.25) is 0 Å². The van der Waals surface area contributed by atoms with Crippen molar-refractivity contribution in [1.29, 1.82) is 0 Å². The molecule has 0 saturated heterocycles. The molecule has 0 aliphatic heterocycles. The van der Waals surface area contributed by atoms with Crippen LogP contribution in [0.1, 0.15) is 44.2 Å². The number of benzene rings is 1. The van der Waals surface area contributed by atoms with E-state index in [0.29, 0.717) is 12.5 Å². The van der Waals surface area contributed by atoms with Crippen molar-refractivity contribution in [3.63, 3.8) is 0 Å². The van der Waals surface area contributed by atoms with Crippen molar-refractivity contribution < 1.29 is 9.53 Å². The minimum absolute atomic E-state index is 0.0725. The summed E-state index contributed by atoms with van der Waals surface area (Å²) in [6.45, 7) is 9.75. The van der Waals surface area contributed by atoms with Gasteiger partial charge in [0.2, 0.25) is 0 Å². The molecule has 0 aliphatic rings. The summed E-state index contributed by atoms with van der Waals surface area (Å²) in [5, 5.41) is 5.93. The number of hydrogen-bond donors (Lipinski definition) is 2. The van der Waals surface area contributed by atoms with Crippen LogP contribution in [0.5, 0.6) is 5.75 Å². The Bertz CT molecular complexity index is 458. The van der Waals surface area contributed by atoms with Gasteiger partial charge < -0.3 is 15.4 Å². The van der Waals surface area contributed by atoms with Crippen molar-refractivity contribution in [2.75, 3.05) is 20.1 Å². The van der Waals surface area contributed by atoms with Crippen LogP contribution in [0.4, 0.5) is 0 Å². The van der Waals surface area contributed by atoms with Gasteiger partial charge in [0.15, 0.2) is 6.10 Å². The van der Waals surface area contributed by atoms with Crippen LogP contribution in [0.15, 0.2) is 18.2 Å². The number of carbonyl (C=O) groups excluding carboxylic acids is 1. The summed E-state index contributed by atoms with van der Waals surface area (Å²) in [4.78, 5) is 11.9. The third-order valence-corrected chi connectivity index (χ3v) is 3.45. The van der Waals surface area contributed by atoms with Gasteiger partial charge in [-0.25, -0.2) is 0 Å². The van der Waals surface area contributed by atoms with E-state index in [-0.39, 0.29) is 5.91 Å². The molecule has 0 radical (unpaired) electrons. The minimum atomic E-state index is -0.483. The summed E-state index contributed by atoms with van der Waals surface area (Å²) < 4.78 is 5.72. The van der Waals surface area contributed by atoms with Gasteiger partial charge in [-0.1, -0.05) is 19.9 Å². The van der Waals surface area contributed by atoms with Crippen LogP contribution in [0.3, 0.4) is 0 Å². The quantitative estimate of drug-likeness (QED) is 0.724. The number of ether oxygens (including phenoxy) is 1. The highest BCUT2D eigenvalue weighted by molar-refractivity contribution is 5.80. The Hall–Kier alpha value is -1.55. The molecule has 1 atom stereocenters. The second kappa shape index (κ2) is 8.67. The Morgan fingerprint density at radius 2 is 1.95 bits per heavy atom. The van der Waals surface area contributed by atoms with Gasteiger partial charge in [0.05, 0.1) is 0 Å². The summed E-state index contributed by atoms with van der Waals surface area (Å²) >= 11 is 0. The van der Waals surface area contributed by atoms with Gasteiger partial charge in [-0.2, -0.15) is 0 Å². The molecule has 0 spiro atoms. The highest BCUT2D eigenvalue weighted by Gasteiger charge is 2.14. The van der Waals surface area contributed by atoms with E-state index >= 15 is 0 Å². The molecule has 0 aliphatic carbocycles. The summed E-state index contributed by atoms with van der Waals surface area (Å²) in [7, 11) is 1.90. The summed E-state index contributed by atoms with van der Waals surface area (Å²) in [6.07, 6.45) is 0.431. The van der Waals surface area contributed by atoms with Crippen molar-refractivity contribution in [2.24, 2.45) is 0 Å². The molecule has 4 heteroatoms. The van der Waals surface area contributed by atoms with Gasteiger partial charge >= 0.3 is 0 Å². The summed E-state index contributed by atoms with van der Waals surface area (Å²) in [5.74, 6) is 1.17. The lowest BCUT2D eigenvalue weighted by Crippen LogP contribution is -2.37.